The molecule has 130 valence electrons. The van der Waals surface area contributed by atoms with Crippen molar-refractivity contribution < 1.29 is 9.18 Å². The minimum atomic E-state index is -0.286. The Bertz CT molecular complexity index is 1180. The van der Waals surface area contributed by atoms with Crippen LogP contribution < -0.4 is 0 Å². The Balaban J connectivity index is 1.47. The molecule has 1 aliphatic heterocycles. The average molecular weight is 366 g/mol. The van der Waals surface area contributed by atoms with Gasteiger partial charge in [-0.1, -0.05) is 0 Å². The lowest BCUT2D eigenvalue weighted by Crippen LogP contribution is -2.36. The predicted molar refractivity (Wildman–Crippen MR) is 98.0 cm³/mol. The van der Waals surface area contributed by atoms with Gasteiger partial charge in [-0.15, -0.1) is 11.3 Å². The molecule has 4 aromatic rings. The van der Waals surface area contributed by atoms with E-state index < -0.39 is 0 Å². The highest BCUT2D eigenvalue weighted by atomic mass is 32.1. The van der Waals surface area contributed by atoms with Crippen molar-refractivity contribution >= 4 is 33.0 Å². The summed E-state index contributed by atoms with van der Waals surface area (Å²) in [7, 11) is 0. The van der Waals surface area contributed by atoms with E-state index in [1.807, 2.05) is 28.6 Å². The van der Waals surface area contributed by atoms with Gasteiger partial charge in [-0.2, -0.15) is 5.10 Å². The van der Waals surface area contributed by atoms with Gasteiger partial charge < -0.3 is 4.90 Å². The molecular weight excluding hydrogens is 351 g/mol. The van der Waals surface area contributed by atoms with Gasteiger partial charge in [-0.3, -0.25) is 4.79 Å². The summed E-state index contributed by atoms with van der Waals surface area (Å²) < 4.78 is 16.2. The number of thiophene rings is 1. The van der Waals surface area contributed by atoms with E-state index in [-0.39, 0.29) is 11.7 Å². The molecule has 0 bridgehead atoms. The largest absolute Gasteiger partial charge is 0.333 e. The van der Waals surface area contributed by atoms with E-state index in [0.29, 0.717) is 18.0 Å². The van der Waals surface area contributed by atoms with Gasteiger partial charge in [0.25, 0.3) is 5.91 Å². The Labute approximate surface area is 152 Å². The van der Waals surface area contributed by atoms with Crippen LogP contribution in [0.5, 0.6) is 0 Å². The number of fused-ring (bicyclic) bond motifs is 4. The molecule has 1 amide bonds. The molecule has 1 aromatic carbocycles. The highest BCUT2D eigenvalue weighted by molar-refractivity contribution is 7.20. The van der Waals surface area contributed by atoms with Crippen LogP contribution in [-0.4, -0.2) is 31.9 Å². The molecule has 0 aliphatic carbocycles. The van der Waals surface area contributed by atoms with Crippen molar-refractivity contribution in [3.05, 3.63) is 64.2 Å². The van der Waals surface area contributed by atoms with Gasteiger partial charge in [-0.25, -0.2) is 13.9 Å². The number of hydrogen-bond acceptors (Lipinski definition) is 4. The van der Waals surface area contributed by atoms with Crippen molar-refractivity contribution in [2.24, 2.45) is 0 Å². The van der Waals surface area contributed by atoms with Crippen LogP contribution in [0.25, 0.3) is 15.7 Å². The lowest BCUT2D eigenvalue weighted by atomic mass is 10.1. The maximum absolute atomic E-state index is 13.4. The molecule has 5 rings (SSSR count). The molecule has 0 radical (unpaired) electrons. The Hall–Kier alpha value is -2.80. The normalized spacial score (nSPS) is 14.2. The van der Waals surface area contributed by atoms with Crippen molar-refractivity contribution in [3.8, 4) is 0 Å². The van der Waals surface area contributed by atoms with E-state index >= 15 is 0 Å². The minimum absolute atomic E-state index is 0.0194. The molecule has 1 aliphatic rings. The van der Waals surface area contributed by atoms with Crippen LogP contribution in [0.4, 0.5) is 4.39 Å². The second kappa shape index (κ2) is 5.60. The van der Waals surface area contributed by atoms with Crippen LogP contribution in [0.1, 0.15) is 26.6 Å². The number of amides is 1. The highest BCUT2D eigenvalue weighted by Crippen LogP contribution is 2.29. The molecule has 0 saturated carbocycles. The number of nitrogens with zero attached hydrogens (tertiary/aromatic N) is 4. The summed E-state index contributed by atoms with van der Waals surface area (Å²) in [6.07, 6.45) is 2.58. The summed E-state index contributed by atoms with van der Waals surface area (Å²) in [5, 5.41) is 5.28. The number of halogens is 1. The van der Waals surface area contributed by atoms with E-state index in [2.05, 4.69) is 10.1 Å². The lowest BCUT2D eigenvalue weighted by molar-refractivity contribution is 0.0737. The average Bonchev–Trinajstić information content (AvgIpc) is 3.22. The molecule has 5 nitrogen and oxygen atoms in total. The summed E-state index contributed by atoms with van der Waals surface area (Å²) in [5.74, 6) is -0.306. The fourth-order valence-electron chi connectivity index (χ4n) is 3.50. The fourth-order valence-corrected chi connectivity index (χ4v) is 4.51. The van der Waals surface area contributed by atoms with Crippen molar-refractivity contribution in [1.29, 1.82) is 0 Å². The monoisotopic (exact) mass is 366 g/mol. The summed E-state index contributed by atoms with van der Waals surface area (Å²) >= 11 is 1.40. The van der Waals surface area contributed by atoms with E-state index in [1.54, 1.807) is 12.1 Å². The number of hydrogen-bond donors (Lipinski definition) is 0. The summed E-state index contributed by atoms with van der Waals surface area (Å²) in [6.45, 7) is 3.09. The van der Waals surface area contributed by atoms with Gasteiger partial charge in [-0.05, 0) is 36.6 Å². The zero-order valence-electron chi connectivity index (χ0n) is 14.1. The number of carbonyl (C=O) groups excluding carboxylic acids is 1. The van der Waals surface area contributed by atoms with Crippen LogP contribution in [0.2, 0.25) is 0 Å². The molecule has 0 atom stereocenters. The molecule has 0 unspecified atom stereocenters. The van der Waals surface area contributed by atoms with E-state index in [4.69, 9.17) is 0 Å². The van der Waals surface area contributed by atoms with Gasteiger partial charge in [0.05, 0.1) is 16.3 Å². The van der Waals surface area contributed by atoms with Gasteiger partial charge >= 0.3 is 0 Å². The topological polar surface area (TPSA) is 50.5 Å². The molecule has 26 heavy (non-hydrogen) atoms. The van der Waals surface area contributed by atoms with Gasteiger partial charge in [0.2, 0.25) is 0 Å². The molecule has 0 saturated heterocycles. The van der Waals surface area contributed by atoms with Crippen LogP contribution >= 0.6 is 11.3 Å². The lowest BCUT2D eigenvalue weighted by Gasteiger charge is -2.28. The first-order valence-electron chi connectivity index (χ1n) is 8.40. The van der Waals surface area contributed by atoms with Gasteiger partial charge in [0, 0.05) is 42.0 Å². The van der Waals surface area contributed by atoms with E-state index in [1.165, 1.54) is 23.5 Å². The maximum Gasteiger partial charge on any atom is 0.264 e. The third-order valence-electron chi connectivity index (χ3n) is 4.75. The Morgan fingerprint density at radius 3 is 3.04 bits per heavy atom. The van der Waals surface area contributed by atoms with Gasteiger partial charge in [0.15, 0.2) is 5.65 Å². The Kier molecular flexibility index (Phi) is 3.33. The smallest absolute Gasteiger partial charge is 0.264 e. The third-order valence-corrected chi connectivity index (χ3v) is 5.85. The van der Waals surface area contributed by atoms with Crippen molar-refractivity contribution in [2.75, 3.05) is 6.54 Å². The number of benzene rings is 1. The second-order valence-corrected chi connectivity index (χ2v) is 7.64. The summed E-state index contributed by atoms with van der Waals surface area (Å²) in [5.41, 5.74) is 3.91. The van der Waals surface area contributed by atoms with E-state index in [9.17, 15) is 9.18 Å². The van der Waals surface area contributed by atoms with Crippen LogP contribution in [-0.2, 0) is 13.0 Å². The highest BCUT2D eigenvalue weighted by Gasteiger charge is 2.25. The number of aryl methyl sites for hydroxylation is 1. The van der Waals surface area contributed by atoms with Crippen molar-refractivity contribution in [1.82, 2.24) is 19.5 Å². The number of carbonyl (C=O) groups is 1. The number of rotatable bonds is 1. The molecule has 0 fully saturated rings. The van der Waals surface area contributed by atoms with Crippen LogP contribution in [0, 0.1) is 12.7 Å². The quantitative estimate of drug-likeness (QED) is 0.517. The molecular formula is C19H15FN4OS. The Morgan fingerprint density at radius 2 is 2.15 bits per heavy atom. The first-order chi connectivity index (χ1) is 12.6. The molecule has 4 heterocycles. The zero-order chi connectivity index (χ0) is 17.8. The number of aromatic nitrogens is 3. The van der Waals surface area contributed by atoms with Crippen LogP contribution in [0.3, 0.4) is 0 Å². The van der Waals surface area contributed by atoms with Gasteiger partial charge in [0.1, 0.15) is 5.82 Å². The van der Waals surface area contributed by atoms with Crippen LogP contribution in [0.15, 0.2) is 36.5 Å². The summed E-state index contributed by atoms with van der Waals surface area (Å²) in [4.78, 5) is 19.8. The molecule has 0 spiro atoms. The van der Waals surface area contributed by atoms with Crippen molar-refractivity contribution in [2.45, 2.75) is 19.9 Å². The zero-order valence-corrected chi connectivity index (χ0v) is 14.9. The fraction of sp³-hybridized carbons (Fsp3) is 0.211. The predicted octanol–water partition coefficient (Wildman–Crippen LogP) is 3.59. The third kappa shape index (κ3) is 2.39. The van der Waals surface area contributed by atoms with Crippen molar-refractivity contribution in [3.63, 3.8) is 0 Å². The first-order valence-corrected chi connectivity index (χ1v) is 9.22. The molecule has 7 heteroatoms. The van der Waals surface area contributed by atoms with E-state index in [0.717, 1.165) is 39.1 Å². The summed E-state index contributed by atoms with van der Waals surface area (Å²) in [6, 6.07) is 8.34. The minimum Gasteiger partial charge on any atom is -0.333 e. The Morgan fingerprint density at radius 1 is 1.27 bits per heavy atom. The SMILES string of the molecule is Cc1cc2ncc3c(n2n1)CCN(C(=O)c1cc2cc(F)ccc2s1)C3. The molecule has 0 N–H and O–H groups in total. The second-order valence-electron chi connectivity index (χ2n) is 6.56. The standard InChI is InChI=1S/C19H15FN4OS/c1-11-6-18-21-9-13-10-23(5-4-15(13)24(18)22-11)19(25)17-8-12-7-14(20)2-3-16(12)26-17/h2-3,6-9H,4-5,10H2,1H3. The molecule has 3 aromatic heterocycles. The maximum atomic E-state index is 13.4. The first kappa shape index (κ1) is 15.5.